The first-order chi connectivity index (χ1) is 4.77. The van der Waals surface area contributed by atoms with Crippen molar-refractivity contribution in [1.82, 2.24) is 4.98 Å². The molecular formula is C7H6ClNS. The van der Waals surface area contributed by atoms with E-state index in [2.05, 4.69) is 11.1 Å². The van der Waals surface area contributed by atoms with Gasteiger partial charge >= 0.3 is 0 Å². The van der Waals surface area contributed by atoms with Crippen LogP contribution >= 0.6 is 22.9 Å². The monoisotopic (exact) mass is 171 g/mol. The third kappa shape index (κ3) is 0.762. The van der Waals surface area contributed by atoms with Crippen molar-refractivity contribution >= 4 is 33.2 Å². The first-order valence-electron chi connectivity index (χ1n) is 2.99. The zero-order chi connectivity index (χ0) is 7.14. The molecule has 0 aliphatic carbocycles. The fourth-order valence-corrected chi connectivity index (χ4v) is 2.22. The summed E-state index contributed by atoms with van der Waals surface area (Å²) in [6.45, 7) is 2.03. The third-order valence-corrected chi connectivity index (χ3v) is 2.80. The fourth-order valence-electron chi connectivity index (χ4n) is 1.01. The van der Waals surface area contributed by atoms with E-state index in [0.717, 1.165) is 10.5 Å². The van der Waals surface area contributed by atoms with Crippen molar-refractivity contribution in [1.29, 1.82) is 0 Å². The second-order valence-corrected chi connectivity index (χ2v) is 3.59. The predicted molar refractivity (Wildman–Crippen MR) is 45.9 cm³/mol. The van der Waals surface area contributed by atoms with Gasteiger partial charge in [-0.1, -0.05) is 11.6 Å². The summed E-state index contributed by atoms with van der Waals surface area (Å²) in [5.74, 6) is 0. The van der Waals surface area contributed by atoms with Crippen LogP contribution in [-0.2, 0) is 0 Å². The maximum Gasteiger partial charge on any atom is 0.0755 e. The van der Waals surface area contributed by atoms with E-state index in [1.165, 1.54) is 10.4 Å². The van der Waals surface area contributed by atoms with Crippen molar-refractivity contribution in [2.75, 3.05) is 0 Å². The molecule has 0 saturated carbocycles. The van der Waals surface area contributed by atoms with Gasteiger partial charge in [0.1, 0.15) is 0 Å². The number of aromatic nitrogens is 1. The summed E-state index contributed by atoms with van der Waals surface area (Å²) < 4.78 is 1.24. The van der Waals surface area contributed by atoms with E-state index in [9.17, 15) is 0 Å². The Balaban J connectivity index is 2.90. The maximum absolute atomic E-state index is 5.87. The standard InChI is InChI=1S/C7H6ClNS/c1-4-2-6-7(9-4)5(8)3-10-6/h2-3,9H,1H3. The summed E-state index contributed by atoms with van der Waals surface area (Å²) in [6, 6.07) is 2.10. The Kier molecular flexibility index (Phi) is 1.25. The van der Waals surface area contributed by atoms with Crippen LogP contribution in [0, 0.1) is 6.92 Å². The average Bonchev–Trinajstić information content (AvgIpc) is 2.35. The molecular weight excluding hydrogens is 166 g/mol. The summed E-state index contributed by atoms with van der Waals surface area (Å²) in [5, 5.41) is 2.77. The van der Waals surface area contributed by atoms with E-state index in [-0.39, 0.29) is 0 Å². The van der Waals surface area contributed by atoms with Crippen LogP contribution in [0.5, 0.6) is 0 Å². The van der Waals surface area contributed by atoms with Gasteiger partial charge in [-0.3, -0.25) is 0 Å². The first-order valence-corrected chi connectivity index (χ1v) is 4.25. The van der Waals surface area contributed by atoms with Crippen LogP contribution in [0.15, 0.2) is 11.4 Å². The lowest BCUT2D eigenvalue weighted by Gasteiger charge is -1.79. The summed E-state index contributed by atoms with van der Waals surface area (Å²) in [4.78, 5) is 3.19. The van der Waals surface area contributed by atoms with Crippen molar-refractivity contribution in [3.8, 4) is 0 Å². The van der Waals surface area contributed by atoms with Gasteiger partial charge in [-0.15, -0.1) is 11.3 Å². The second-order valence-electron chi connectivity index (χ2n) is 2.28. The highest BCUT2D eigenvalue weighted by Gasteiger charge is 2.02. The molecule has 2 aromatic heterocycles. The Morgan fingerprint density at radius 2 is 2.40 bits per heavy atom. The van der Waals surface area contributed by atoms with E-state index >= 15 is 0 Å². The SMILES string of the molecule is Cc1cc2scc(Cl)c2[nH]1. The number of thiophene rings is 1. The minimum absolute atomic E-state index is 0.827. The Morgan fingerprint density at radius 1 is 1.60 bits per heavy atom. The highest BCUT2D eigenvalue weighted by molar-refractivity contribution is 7.17. The van der Waals surface area contributed by atoms with Crippen molar-refractivity contribution in [2.24, 2.45) is 0 Å². The van der Waals surface area contributed by atoms with Gasteiger partial charge in [0, 0.05) is 11.1 Å². The molecule has 1 N–H and O–H groups in total. The molecule has 0 saturated heterocycles. The molecule has 1 nitrogen and oxygen atoms in total. The second kappa shape index (κ2) is 2.01. The van der Waals surface area contributed by atoms with E-state index in [1.807, 2.05) is 12.3 Å². The normalized spacial score (nSPS) is 11.0. The lowest BCUT2D eigenvalue weighted by molar-refractivity contribution is 1.30. The number of nitrogens with one attached hydrogen (secondary N) is 1. The van der Waals surface area contributed by atoms with Crippen LogP contribution in [0.3, 0.4) is 0 Å². The number of hydrogen-bond acceptors (Lipinski definition) is 1. The Hall–Kier alpha value is -0.470. The van der Waals surface area contributed by atoms with Crippen LogP contribution < -0.4 is 0 Å². The highest BCUT2D eigenvalue weighted by Crippen LogP contribution is 2.29. The minimum atomic E-state index is 0.827. The fraction of sp³-hybridized carbons (Fsp3) is 0.143. The van der Waals surface area contributed by atoms with E-state index in [1.54, 1.807) is 11.3 Å². The molecule has 0 radical (unpaired) electrons. The van der Waals surface area contributed by atoms with Gasteiger partial charge in [0.15, 0.2) is 0 Å². The molecule has 0 bridgehead atoms. The molecule has 52 valence electrons. The number of aryl methyl sites for hydroxylation is 1. The van der Waals surface area contributed by atoms with Crippen LogP contribution in [-0.4, -0.2) is 4.98 Å². The van der Waals surface area contributed by atoms with Gasteiger partial charge in [-0.25, -0.2) is 0 Å². The van der Waals surface area contributed by atoms with Gasteiger partial charge < -0.3 is 4.98 Å². The summed E-state index contributed by atoms with van der Waals surface area (Å²) >= 11 is 7.54. The Morgan fingerprint density at radius 3 is 3.10 bits per heavy atom. The van der Waals surface area contributed by atoms with Crippen LogP contribution in [0.1, 0.15) is 5.69 Å². The van der Waals surface area contributed by atoms with E-state index < -0.39 is 0 Å². The van der Waals surface area contributed by atoms with Crippen LogP contribution in [0.25, 0.3) is 10.2 Å². The number of hydrogen-bond donors (Lipinski definition) is 1. The molecule has 2 heterocycles. The summed E-state index contributed by atoms with van der Waals surface area (Å²) in [7, 11) is 0. The maximum atomic E-state index is 5.87. The molecule has 3 heteroatoms. The van der Waals surface area contributed by atoms with E-state index in [4.69, 9.17) is 11.6 Å². The largest absolute Gasteiger partial charge is 0.357 e. The summed E-state index contributed by atoms with van der Waals surface area (Å²) in [6.07, 6.45) is 0. The molecule has 0 aromatic carbocycles. The molecule has 0 unspecified atom stereocenters. The molecule has 0 aliphatic rings. The van der Waals surface area contributed by atoms with Crippen LogP contribution in [0.2, 0.25) is 5.02 Å². The molecule has 0 fully saturated rings. The molecule has 10 heavy (non-hydrogen) atoms. The van der Waals surface area contributed by atoms with Crippen molar-refractivity contribution in [2.45, 2.75) is 6.92 Å². The number of aromatic amines is 1. The van der Waals surface area contributed by atoms with Crippen molar-refractivity contribution in [3.05, 3.63) is 22.2 Å². The molecule has 0 aliphatic heterocycles. The highest BCUT2D eigenvalue weighted by atomic mass is 35.5. The number of H-pyrrole nitrogens is 1. The minimum Gasteiger partial charge on any atom is -0.357 e. The molecule has 0 amide bonds. The summed E-state index contributed by atoms with van der Waals surface area (Å²) in [5.41, 5.74) is 2.24. The molecule has 2 aromatic rings. The quantitative estimate of drug-likeness (QED) is 0.627. The number of halogens is 1. The van der Waals surface area contributed by atoms with Gasteiger partial charge in [0.2, 0.25) is 0 Å². The zero-order valence-corrected chi connectivity index (χ0v) is 7.01. The van der Waals surface area contributed by atoms with Gasteiger partial charge in [-0.05, 0) is 13.0 Å². The molecule has 0 atom stereocenters. The Labute approximate surface area is 67.6 Å². The smallest absolute Gasteiger partial charge is 0.0755 e. The van der Waals surface area contributed by atoms with Gasteiger partial charge in [-0.2, -0.15) is 0 Å². The van der Waals surface area contributed by atoms with Gasteiger partial charge in [0.05, 0.1) is 15.2 Å². The number of fused-ring (bicyclic) bond motifs is 1. The van der Waals surface area contributed by atoms with Crippen LogP contribution in [0.4, 0.5) is 0 Å². The van der Waals surface area contributed by atoms with Crippen molar-refractivity contribution in [3.63, 3.8) is 0 Å². The predicted octanol–water partition coefficient (Wildman–Crippen LogP) is 3.19. The molecule has 2 rings (SSSR count). The lowest BCUT2D eigenvalue weighted by Crippen LogP contribution is -1.65. The molecule has 0 spiro atoms. The average molecular weight is 172 g/mol. The topological polar surface area (TPSA) is 15.8 Å². The Bertz CT molecular complexity index is 360. The van der Waals surface area contributed by atoms with E-state index in [0.29, 0.717) is 0 Å². The third-order valence-electron chi connectivity index (χ3n) is 1.44. The zero-order valence-electron chi connectivity index (χ0n) is 5.44. The first kappa shape index (κ1) is 6.25. The lowest BCUT2D eigenvalue weighted by atomic mass is 10.5. The van der Waals surface area contributed by atoms with Gasteiger partial charge in [0.25, 0.3) is 0 Å². The van der Waals surface area contributed by atoms with Crippen molar-refractivity contribution < 1.29 is 0 Å². The number of rotatable bonds is 0.